The number of likely N-dealkylation sites (tertiary alicyclic amines) is 1. The fourth-order valence-corrected chi connectivity index (χ4v) is 4.07. The minimum Gasteiger partial charge on any atom is -0.508 e. The van der Waals surface area contributed by atoms with E-state index in [-0.39, 0.29) is 12.2 Å². The van der Waals surface area contributed by atoms with Crippen molar-refractivity contribution in [2.24, 2.45) is 0 Å². The van der Waals surface area contributed by atoms with Crippen LogP contribution in [0.1, 0.15) is 35.6 Å². The molecule has 0 bridgehead atoms. The lowest BCUT2D eigenvalue weighted by Crippen LogP contribution is -2.41. The van der Waals surface area contributed by atoms with Crippen LogP contribution in [0.5, 0.6) is 5.75 Å². The third kappa shape index (κ3) is 5.47. The largest absolute Gasteiger partial charge is 0.508 e. The summed E-state index contributed by atoms with van der Waals surface area (Å²) in [5, 5.41) is 9.45. The van der Waals surface area contributed by atoms with Gasteiger partial charge >= 0.3 is 0 Å². The molecule has 1 atom stereocenters. The van der Waals surface area contributed by atoms with Crippen molar-refractivity contribution >= 4 is 0 Å². The molecule has 3 aromatic carbocycles. The van der Waals surface area contributed by atoms with Crippen molar-refractivity contribution in [3.63, 3.8) is 0 Å². The molecule has 3 heteroatoms. The van der Waals surface area contributed by atoms with Crippen molar-refractivity contribution in [2.45, 2.75) is 31.5 Å². The normalized spacial score (nSPS) is 17.5. The molecule has 1 fully saturated rings. The van der Waals surface area contributed by atoms with Gasteiger partial charge in [0.2, 0.25) is 0 Å². The summed E-state index contributed by atoms with van der Waals surface area (Å²) >= 11 is 0. The van der Waals surface area contributed by atoms with Gasteiger partial charge in [-0.2, -0.15) is 0 Å². The highest BCUT2D eigenvalue weighted by molar-refractivity contribution is 5.30. The summed E-state index contributed by atoms with van der Waals surface area (Å²) in [5.41, 5.74) is 3.68. The van der Waals surface area contributed by atoms with E-state index in [0.29, 0.717) is 5.75 Å². The number of rotatable bonds is 7. The van der Waals surface area contributed by atoms with Gasteiger partial charge in [0.15, 0.2) is 0 Å². The fourth-order valence-electron chi connectivity index (χ4n) is 4.07. The summed E-state index contributed by atoms with van der Waals surface area (Å²) < 4.78 is 6.69. The second kappa shape index (κ2) is 9.73. The predicted molar refractivity (Wildman–Crippen MR) is 117 cm³/mol. The molecule has 1 aliphatic heterocycles. The maximum atomic E-state index is 9.45. The van der Waals surface area contributed by atoms with Crippen molar-refractivity contribution in [3.8, 4) is 5.75 Å². The van der Waals surface area contributed by atoms with Crippen LogP contribution in [0, 0.1) is 0 Å². The topological polar surface area (TPSA) is 32.7 Å². The second-order valence-corrected chi connectivity index (χ2v) is 7.82. The number of phenolic OH excluding ortho intramolecular Hbond substituents is 1. The van der Waals surface area contributed by atoms with Crippen LogP contribution in [0.3, 0.4) is 0 Å². The molecule has 1 N–H and O–H groups in total. The Morgan fingerprint density at radius 1 is 0.862 bits per heavy atom. The molecule has 4 rings (SSSR count). The summed E-state index contributed by atoms with van der Waals surface area (Å²) in [4.78, 5) is 2.51. The molecule has 3 nitrogen and oxygen atoms in total. The van der Waals surface area contributed by atoms with E-state index in [1.807, 2.05) is 12.1 Å². The molecule has 29 heavy (non-hydrogen) atoms. The zero-order valence-corrected chi connectivity index (χ0v) is 16.8. The predicted octanol–water partition coefficient (Wildman–Crippen LogP) is 5.21. The number of nitrogens with zero attached hydrogens (tertiary/aromatic N) is 1. The Kier molecular flexibility index (Phi) is 6.60. The highest BCUT2D eigenvalue weighted by Crippen LogP contribution is 2.29. The van der Waals surface area contributed by atoms with Gasteiger partial charge < -0.3 is 14.7 Å². The van der Waals surface area contributed by atoms with Gasteiger partial charge in [-0.1, -0.05) is 72.8 Å². The van der Waals surface area contributed by atoms with E-state index in [1.54, 1.807) is 12.1 Å². The van der Waals surface area contributed by atoms with Crippen molar-refractivity contribution in [3.05, 3.63) is 102 Å². The molecule has 1 aliphatic rings. The van der Waals surface area contributed by atoms with Crippen LogP contribution in [0.25, 0.3) is 0 Å². The van der Waals surface area contributed by atoms with Gasteiger partial charge in [0.1, 0.15) is 11.9 Å². The molecule has 0 spiro atoms. The Hall–Kier alpha value is -2.62. The molecule has 0 amide bonds. The number of benzene rings is 3. The molecule has 0 aliphatic carbocycles. The minimum absolute atomic E-state index is 0.0283. The molecule has 0 aromatic heterocycles. The molecule has 3 aromatic rings. The minimum atomic E-state index is -0.0283. The van der Waals surface area contributed by atoms with Gasteiger partial charge in [-0.05, 0) is 54.6 Å². The smallest absolute Gasteiger partial charge is 0.115 e. The number of phenols is 1. The fraction of sp³-hybridized carbons (Fsp3) is 0.308. The molecule has 0 radical (unpaired) electrons. The number of hydrogen-bond acceptors (Lipinski definition) is 3. The third-order valence-corrected chi connectivity index (χ3v) is 5.65. The highest BCUT2D eigenvalue weighted by atomic mass is 16.5. The van der Waals surface area contributed by atoms with Gasteiger partial charge in [0.25, 0.3) is 0 Å². The average molecular weight is 388 g/mol. The monoisotopic (exact) mass is 387 g/mol. The third-order valence-electron chi connectivity index (χ3n) is 5.65. The average Bonchev–Trinajstić information content (AvgIpc) is 2.79. The molecule has 0 saturated carbocycles. The zero-order valence-electron chi connectivity index (χ0n) is 16.8. The standard InChI is InChI=1S/C26H29NO2/c28-24-15-13-21(14-16-24)17-19-27-18-7-12-25(20-27)29-26(22-8-3-1-4-9-22)23-10-5-2-6-11-23/h1-6,8-11,13-16,25-26,28H,7,12,17-20H2/t25-/m1/s1. The van der Waals surface area contributed by atoms with E-state index in [0.717, 1.165) is 38.9 Å². The lowest BCUT2D eigenvalue weighted by atomic mass is 10.00. The molecular weight excluding hydrogens is 358 g/mol. The number of piperidine rings is 1. The lowest BCUT2D eigenvalue weighted by molar-refractivity contribution is -0.0330. The van der Waals surface area contributed by atoms with E-state index >= 15 is 0 Å². The van der Waals surface area contributed by atoms with E-state index in [1.165, 1.54) is 16.7 Å². The molecular formula is C26H29NO2. The first-order valence-electron chi connectivity index (χ1n) is 10.5. The lowest BCUT2D eigenvalue weighted by Gasteiger charge is -2.35. The second-order valence-electron chi connectivity index (χ2n) is 7.82. The van der Waals surface area contributed by atoms with Gasteiger partial charge in [-0.15, -0.1) is 0 Å². The number of hydrogen-bond donors (Lipinski definition) is 1. The Balaban J connectivity index is 1.40. The summed E-state index contributed by atoms with van der Waals surface area (Å²) in [6.07, 6.45) is 3.46. The van der Waals surface area contributed by atoms with Gasteiger partial charge in [0, 0.05) is 13.1 Å². The Morgan fingerprint density at radius 3 is 2.10 bits per heavy atom. The van der Waals surface area contributed by atoms with E-state index in [4.69, 9.17) is 4.74 Å². The molecule has 150 valence electrons. The van der Waals surface area contributed by atoms with Gasteiger partial charge in [0.05, 0.1) is 6.10 Å². The number of aromatic hydroxyl groups is 1. The van der Waals surface area contributed by atoms with Crippen LogP contribution in [0.4, 0.5) is 0 Å². The van der Waals surface area contributed by atoms with Crippen LogP contribution < -0.4 is 0 Å². The Labute approximate surface area is 173 Å². The van der Waals surface area contributed by atoms with Gasteiger partial charge in [-0.3, -0.25) is 0 Å². The summed E-state index contributed by atoms with van der Waals surface area (Å²) in [7, 11) is 0. The van der Waals surface area contributed by atoms with Gasteiger partial charge in [-0.25, -0.2) is 0 Å². The quantitative estimate of drug-likeness (QED) is 0.604. The first-order chi connectivity index (χ1) is 14.3. The first kappa shape index (κ1) is 19.7. The van der Waals surface area contributed by atoms with Crippen molar-refractivity contribution in [2.75, 3.05) is 19.6 Å². The van der Waals surface area contributed by atoms with Crippen molar-refractivity contribution in [1.82, 2.24) is 4.90 Å². The SMILES string of the molecule is Oc1ccc(CCN2CCC[C@@H](OC(c3ccccc3)c3ccccc3)C2)cc1. The van der Waals surface area contributed by atoms with Crippen LogP contribution in [-0.4, -0.2) is 35.7 Å². The van der Waals surface area contributed by atoms with E-state index < -0.39 is 0 Å². The summed E-state index contributed by atoms with van der Waals surface area (Å²) in [6.45, 7) is 3.11. The summed E-state index contributed by atoms with van der Waals surface area (Å²) in [6, 6.07) is 28.6. The van der Waals surface area contributed by atoms with E-state index in [9.17, 15) is 5.11 Å². The first-order valence-corrected chi connectivity index (χ1v) is 10.5. The Bertz CT molecular complexity index is 825. The maximum Gasteiger partial charge on any atom is 0.115 e. The Morgan fingerprint density at radius 2 is 1.48 bits per heavy atom. The van der Waals surface area contributed by atoms with Crippen molar-refractivity contribution < 1.29 is 9.84 Å². The van der Waals surface area contributed by atoms with Crippen LogP contribution in [0.2, 0.25) is 0 Å². The van der Waals surface area contributed by atoms with Crippen molar-refractivity contribution in [1.29, 1.82) is 0 Å². The van der Waals surface area contributed by atoms with Crippen LogP contribution in [0.15, 0.2) is 84.9 Å². The highest BCUT2D eigenvalue weighted by Gasteiger charge is 2.25. The van der Waals surface area contributed by atoms with Crippen LogP contribution in [-0.2, 0) is 11.2 Å². The molecule has 0 unspecified atom stereocenters. The van der Waals surface area contributed by atoms with E-state index in [2.05, 4.69) is 65.6 Å². The molecule has 1 heterocycles. The number of ether oxygens (including phenoxy) is 1. The van der Waals surface area contributed by atoms with Crippen LogP contribution >= 0.6 is 0 Å². The maximum absolute atomic E-state index is 9.45. The summed E-state index contributed by atoms with van der Waals surface area (Å²) in [5.74, 6) is 0.327. The zero-order chi connectivity index (χ0) is 19.9. The molecule has 1 saturated heterocycles.